The summed E-state index contributed by atoms with van der Waals surface area (Å²) in [5.74, 6) is 0.772. The summed E-state index contributed by atoms with van der Waals surface area (Å²) in [6, 6.07) is 8.90. The van der Waals surface area contributed by atoms with Gasteiger partial charge in [0.1, 0.15) is 0 Å². The molecule has 0 bridgehead atoms. The summed E-state index contributed by atoms with van der Waals surface area (Å²) in [5, 5.41) is 2.42. The van der Waals surface area contributed by atoms with Crippen molar-refractivity contribution < 1.29 is 5.32 Å². The van der Waals surface area contributed by atoms with Crippen LogP contribution in [0.3, 0.4) is 0 Å². The minimum atomic E-state index is 0.772. The van der Waals surface area contributed by atoms with Crippen LogP contribution in [-0.4, -0.2) is 13.1 Å². The Hall–Kier alpha value is -1.08. The number of benzene rings is 1. The molecule has 0 atom stereocenters. The second-order valence-electron chi connectivity index (χ2n) is 4.55. The Morgan fingerprint density at radius 2 is 2.07 bits per heavy atom. The first-order chi connectivity index (χ1) is 7.27. The van der Waals surface area contributed by atoms with Gasteiger partial charge in [0.05, 0.1) is 13.1 Å². The highest BCUT2D eigenvalue weighted by Gasteiger charge is 2.17. The van der Waals surface area contributed by atoms with Crippen LogP contribution in [0.25, 0.3) is 5.57 Å². The SMILES string of the molecule is C=C(C)c1cccc(C2CC[NH2+]CC2)c1. The summed E-state index contributed by atoms with van der Waals surface area (Å²) in [7, 11) is 0. The second-order valence-corrected chi connectivity index (χ2v) is 4.55. The zero-order valence-corrected chi connectivity index (χ0v) is 9.50. The standard InChI is InChI=1S/C14H19N/c1-11(2)13-4-3-5-14(10-13)12-6-8-15-9-7-12/h3-5,10,12,15H,1,6-9H2,2H3/p+1. The number of hydrogen-bond donors (Lipinski definition) is 1. The third-order valence-electron chi connectivity index (χ3n) is 3.29. The molecule has 0 aliphatic carbocycles. The first kappa shape index (κ1) is 10.4. The Morgan fingerprint density at radius 1 is 1.33 bits per heavy atom. The minimum Gasteiger partial charge on any atom is -0.346 e. The van der Waals surface area contributed by atoms with E-state index in [4.69, 9.17) is 0 Å². The van der Waals surface area contributed by atoms with E-state index in [1.54, 1.807) is 0 Å². The van der Waals surface area contributed by atoms with Crippen LogP contribution in [0.5, 0.6) is 0 Å². The fourth-order valence-corrected chi connectivity index (χ4v) is 2.32. The first-order valence-electron chi connectivity index (χ1n) is 5.85. The molecule has 0 radical (unpaired) electrons. The maximum absolute atomic E-state index is 4.01. The topological polar surface area (TPSA) is 16.6 Å². The van der Waals surface area contributed by atoms with Gasteiger partial charge in [0, 0.05) is 12.8 Å². The number of piperidine rings is 1. The minimum absolute atomic E-state index is 0.772. The fraction of sp³-hybridized carbons (Fsp3) is 0.429. The van der Waals surface area contributed by atoms with Gasteiger partial charge in [-0.25, -0.2) is 0 Å². The molecule has 1 aromatic carbocycles. The second kappa shape index (κ2) is 4.63. The number of quaternary nitrogens is 1. The molecule has 0 spiro atoms. The normalized spacial score (nSPS) is 17.7. The van der Waals surface area contributed by atoms with E-state index in [-0.39, 0.29) is 0 Å². The van der Waals surface area contributed by atoms with Crippen LogP contribution in [-0.2, 0) is 0 Å². The molecule has 1 fully saturated rings. The van der Waals surface area contributed by atoms with E-state index in [1.165, 1.54) is 42.6 Å². The van der Waals surface area contributed by atoms with Gasteiger partial charge < -0.3 is 5.32 Å². The fourth-order valence-electron chi connectivity index (χ4n) is 2.32. The van der Waals surface area contributed by atoms with Gasteiger partial charge in [-0.05, 0) is 24.0 Å². The molecular weight excluding hydrogens is 182 g/mol. The summed E-state index contributed by atoms with van der Waals surface area (Å²) in [4.78, 5) is 0. The van der Waals surface area contributed by atoms with Crippen LogP contribution in [0.2, 0.25) is 0 Å². The molecular formula is C14H20N+. The lowest BCUT2D eigenvalue weighted by molar-refractivity contribution is -0.663. The molecule has 1 heteroatoms. The summed E-state index contributed by atoms with van der Waals surface area (Å²) in [6.07, 6.45) is 2.64. The summed E-state index contributed by atoms with van der Waals surface area (Å²) in [5.41, 5.74) is 3.96. The van der Waals surface area contributed by atoms with Crippen molar-refractivity contribution in [3.8, 4) is 0 Å². The lowest BCUT2D eigenvalue weighted by Crippen LogP contribution is -2.86. The molecule has 2 N–H and O–H groups in total. The molecule has 0 saturated carbocycles. The van der Waals surface area contributed by atoms with Crippen molar-refractivity contribution in [2.75, 3.05) is 13.1 Å². The van der Waals surface area contributed by atoms with Crippen molar-refractivity contribution in [1.29, 1.82) is 0 Å². The van der Waals surface area contributed by atoms with Gasteiger partial charge in [-0.15, -0.1) is 0 Å². The maximum Gasteiger partial charge on any atom is 0.0761 e. The van der Waals surface area contributed by atoms with Gasteiger partial charge in [0.25, 0.3) is 0 Å². The van der Waals surface area contributed by atoms with Crippen molar-refractivity contribution in [3.05, 3.63) is 42.0 Å². The molecule has 80 valence electrons. The Kier molecular flexibility index (Phi) is 3.22. The Labute approximate surface area is 92.2 Å². The lowest BCUT2D eigenvalue weighted by atomic mass is 9.89. The molecule has 15 heavy (non-hydrogen) atoms. The van der Waals surface area contributed by atoms with Crippen LogP contribution < -0.4 is 5.32 Å². The highest BCUT2D eigenvalue weighted by molar-refractivity contribution is 5.61. The predicted molar refractivity (Wildman–Crippen MR) is 64.8 cm³/mol. The number of nitrogens with two attached hydrogens (primary N) is 1. The van der Waals surface area contributed by atoms with Gasteiger partial charge >= 0.3 is 0 Å². The third-order valence-corrected chi connectivity index (χ3v) is 3.29. The summed E-state index contributed by atoms with van der Waals surface area (Å²) < 4.78 is 0. The Morgan fingerprint density at radius 3 is 2.73 bits per heavy atom. The Bertz CT molecular complexity index is 348. The smallest absolute Gasteiger partial charge is 0.0761 e. The zero-order chi connectivity index (χ0) is 10.7. The average molecular weight is 202 g/mol. The van der Waals surface area contributed by atoms with E-state index < -0.39 is 0 Å². The van der Waals surface area contributed by atoms with E-state index in [1.807, 2.05) is 0 Å². The summed E-state index contributed by atoms with van der Waals surface area (Å²) >= 11 is 0. The lowest BCUT2D eigenvalue weighted by Gasteiger charge is -2.21. The highest BCUT2D eigenvalue weighted by Crippen LogP contribution is 2.25. The monoisotopic (exact) mass is 202 g/mol. The van der Waals surface area contributed by atoms with E-state index in [0.717, 1.165) is 5.92 Å². The van der Waals surface area contributed by atoms with Gasteiger partial charge in [-0.3, -0.25) is 0 Å². The molecule has 1 heterocycles. The van der Waals surface area contributed by atoms with Crippen molar-refractivity contribution in [2.45, 2.75) is 25.7 Å². The maximum atomic E-state index is 4.01. The molecule has 0 aromatic heterocycles. The molecule has 1 aliphatic rings. The number of rotatable bonds is 2. The molecule has 1 aromatic rings. The average Bonchev–Trinajstić information content (AvgIpc) is 2.30. The molecule has 0 amide bonds. The van der Waals surface area contributed by atoms with Crippen LogP contribution in [0.4, 0.5) is 0 Å². The van der Waals surface area contributed by atoms with Crippen molar-refractivity contribution >= 4 is 5.57 Å². The van der Waals surface area contributed by atoms with E-state index >= 15 is 0 Å². The van der Waals surface area contributed by atoms with E-state index in [2.05, 4.69) is 43.1 Å². The number of allylic oxidation sites excluding steroid dienone is 1. The van der Waals surface area contributed by atoms with Gasteiger partial charge in [0.15, 0.2) is 0 Å². The van der Waals surface area contributed by atoms with Crippen LogP contribution in [0.15, 0.2) is 30.8 Å². The Balaban J connectivity index is 2.19. The molecule has 0 unspecified atom stereocenters. The van der Waals surface area contributed by atoms with E-state index in [0.29, 0.717) is 0 Å². The van der Waals surface area contributed by atoms with Gasteiger partial charge in [0.2, 0.25) is 0 Å². The molecule has 1 aliphatic heterocycles. The van der Waals surface area contributed by atoms with Crippen LogP contribution >= 0.6 is 0 Å². The zero-order valence-electron chi connectivity index (χ0n) is 9.50. The van der Waals surface area contributed by atoms with Gasteiger partial charge in [-0.2, -0.15) is 0 Å². The van der Waals surface area contributed by atoms with Crippen molar-refractivity contribution in [2.24, 2.45) is 0 Å². The van der Waals surface area contributed by atoms with Crippen LogP contribution in [0.1, 0.15) is 36.8 Å². The largest absolute Gasteiger partial charge is 0.346 e. The molecule has 2 rings (SSSR count). The van der Waals surface area contributed by atoms with E-state index in [9.17, 15) is 0 Å². The quantitative estimate of drug-likeness (QED) is 0.757. The van der Waals surface area contributed by atoms with Crippen molar-refractivity contribution in [1.82, 2.24) is 0 Å². The van der Waals surface area contributed by atoms with Crippen LogP contribution in [0, 0.1) is 0 Å². The molecule has 1 saturated heterocycles. The van der Waals surface area contributed by atoms with Gasteiger partial charge in [-0.1, -0.05) is 36.4 Å². The number of hydrogen-bond acceptors (Lipinski definition) is 0. The first-order valence-corrected chi connectivity index (χ1v) is 5.85. The molecule has 1 nitrogen and oxygen atoms in total. The third kappa shape index (κ3) is 2.48. The highest BCUT2D eigenvalue weighted by atomic mass is 14.9. The predicted octanol–water partition coefficient (Wildman–Crippen LogP) is 2.16. The summed E-state index contributed by atoms with van der Waals surface area (Å²) in [6.45, 7) is 8.64. The van der Waals surface area contributed by atoms with Crippen molar-refractivity contribution in [3.63, 3.8) is 0 Å².